The quantitative estimate of drug-likeness (QED) is 0.242. The Labute approximate surface area is 243 Å². The topological polar surface area (TPSA) is 120 Å². The average Bonchev–Trinajstić information content (AvgIpc) is 2.94. The van der Waals surface area contributed by atoms with Crippen molar-refractivity contribution >= 4 is 22.0 Å². The summed E-state index contributed by atoms with van der Waals surface area (Å²) in [5.41, 5.74) is 2.82. The van der Waals surface area contributed by atoms with Crippen molar-refractivity contribution in [2.75, 3.05) is 13.1 Å². The van der Waals surface area contributed by atoms with Crippen molar-refractivity contribution in [1.29, 1.82) is 0 Å². The average molecular weight is 581 g/mol. The molecule has 3 rings (SSSR count). The normalized spacial score (nSPS) is 12.3. The summed E-state index contributed by atoms with van der Waals surface area (Å²) in [7, 11) is -4.01. The monoisotopic (exact) mass is 580 g/mol. The maximum absolute atomic E-state index is 13.5. The molecule has 2 N–H and O–H groups in total. The number of aliphatic carboxylic acids is 1. The van der Waals surface area contributed by atoms with Crippen LogP contribution in [0.15, 0.2) is 84.0 Å². The number of carbonyl (C=O) groups excluding carboxylic acids is 1. The number of benzene rings is 2. The summed E-state index contributed by atoms with van der Waals surface area (Å²) in [6, 6.07) is 18.4. The molecule has 0 unspecified atom stereocenters. The first kappa shape index (κ1) is 31.8. The zero-order valence-electron chi connectivity index (χ0n) is 23.9. The van der Waals surface area contributed by atoms with E-state index in [1.807, 2.05) is 63.2 Å². The molecular weight excluding hydrogens is 540 g/mol. The maximum atomic E-state index is 13.5. The van der Waals surface area contributed by atoms with Crippen LogP contribution in [0.25, 0.3) is 0 Å². The number of amides is 2. The van der Waals surface area contributed by atoms with Gasteiger partial charge in [-0.3, -0.25) is 9.78 Å². The van der Waals surface area contributed by atoms with Crippen LogP contribution in [0.1, 0.15) is 49.8 Å². The summed E-state index contributed by atoms with van der Waals surface area (Å²) in [4.78, 5) is 31.3. The van der Waals surface area contributed by atoms with Gasteiger partial charge >= 0.3 is 12.0 Å². The van der Waals surface area contributed by atoms with Crippen molar-refractivity contribution in [3.8, 4) is 0 Å². The minimum atomic E-state index is -4.01. The van der Waals surface area contributed by atoms with Gasteiger partial charge in [0, 0.05) is 38.6 Å². The fourth-order valence-electron chi connectivity index (χ4n) is 4.47. The Bertz CT molecular complexity index is 1310. The Morgan fingerprint density at radius 2 is 1.59 bits per heavy atom. The second kappa shape index (κ2) is 15.3. The number of nitrogens with zero attached hydrogens (tertiary/aromatic N) is 3. The molecule has 41 heavy (non-hydrogen) atoms. The fraction of sp³-hybridized carbons (Fsp3) is 0.387. The minimum Gasteiger partial charge on any atom is -0.480 e. The van der Waals surface area contributed by atoms with E-state index in [0.717, 1.165) is 21.0 Å². The van der Waals surface area contributed by atoms with Crippen molar-refractivity contribution in [3.05, 3.63) is 95.8 Å². The third kappa shape index (κ3) is 9.68. The molecule has 0 aliphatic rings. The lowest BCUT2D eigenvalue weighted by atomic mass is 10.1. The van der Waals surface area contributed by atoms with Gasteiger partial charge in [0.15, 0.2) is 0 Å². The van der Waals surface area contributed by atoms with E-state index in [0.29, 0.717) is 32.5 Å². The summed E-state index contributed by atoms with van der Waals surface area (Å²) in [5.74, 6) is -1.25. The van der Waals surface area contributed by atoms with Crippen LogP contribution in [0, 0.1) is 12.8 Å². The highest BCUT2D eigenvalue weighted by Crippen LogP contribution is 2.23. The molecule has 0 bridgehead atoms. The number of rotatable bonds is 15. The minimum absolute atomic E-state index is 0.0632. The number of hydrogen-bond acceptors (Lipinski definition) is 5. The van der Waals surface area contributed by atoms with Crippen LogP contribution in [0.4, 0.5) is 4.79 Å². The van der Waals surface area contributed by atoms with Gasteiger partial charge in [-0.1, -0.05) is 67.9 Å². The number of sulfonamides is 1. The van der Waals surface area contributed by atoms with Gasteiger partial charge in [-0.05, 0) is 61.4 Å². The summed E-state index contributed by atoms with van der Waals surface area (Å²) < 4.78 is 28.1. The Hall–Kier alpha value is -3.76. The van der Waals surface area contributed by atoms with Crippen LogP contribution in [-0.2, 0) is 27.9 Å². The number of pyridine rings is 1. The van der Waals surface area contributed by atoms with Crippen molar-refractivity contribution in [1.82, 2.24) is 19.5 Å². The Morgan fingerprint density at radius 1 is 0.927 bits per heavy atom. The van der Waals surface area contributed by atoms with Gasteiger partial charge in [0.05, 0.1) is 4.90 Å². The number of urea groups is 1. The fourth-order valence-corrected chi connectivity index (χ4v) is 6.25. The van der Waals surface area contributed by atoms with Gasteiger partial charge < -0.3 is 15.3 Å². The largest absolute Gasteiger partial charge is 0.480 e. The SMILES string of the molecule is Cc1ccc(S(=O)(=O)N(CC(C)C)[C@@H](CCCCNC(=O)N(Cc2ccccc2)Cc2cccnc2)C(=O)O)cc1. The van der Waals surface area contributed by atoms with E-state index in [1.165, 1.54) is 12.1 Å². The number of aryl methyl sites for hydroxylation is 1. The molecule has 220 valence electrons. The Balaban J connectivity index is 1.62. The predicted molar refractivity (Wildman–Crippen MR) is 159 cm³/mol. The van der Waals surface area contributed by atoms with Crippen molar-refractivity contribution in [2.24, 2.45) is 5.92 Å². The highest BCUT2D eigenvalue weighted by Gasteiger charge is 2.36. The van der Waals surface area contributed by atoms with Crippen LogP contribution in [0.2, 0.25) is 0 Å². The van der Waals surface area contributed by atoms with E-state index in [9.17, 15) is 23.1 Å². The lowest BCUT2D eigenvalue weighted by molar-refractivity contribution is -0.141. The molecule has 9 nitrogen and oxygen atoms in total. The van der Waals surface area contributed by atoms with E-state index >= 15 is 0 Å². The molecule has 2 amide bonds. The lowest BCUT2D eigenvalue weighted by Gasteiger charge is -2.29. The molecule has 0 saturated carbocycles. The molecular formula is C31H40N4O5S. The van der Waals surface area contributed by atoms with Crippen molar-refractivity contribution in [2.45, 2.75) is 64.1 Å². The molecule has 0 spiro atoms. The van der Waals surface area contributed by atoms with Crippen LogP contribution in [-0.4, -0.2) is 58.8 Å². The maximum Gasteiger partial charge on any atom is 0.322 e. The van der Waals surface area contributed by atoms with Gasteiger partial charge in [0.2, 0.25) is 10.0 Å². The lowest BCUT2D eigenvalue weighted by Crippen LogP contribution is -2.46. The smallest absolute Gasteiger partial charge is 0.322 e. The van der Waals surface area contributed by atoms with Crippen molar-refractivity contribution in [3.63, 3.8) is 0 Å². The molecule has 10 heteroatoms. The number of hydrogen-bond donors (Lipinski definition) is 2. The van der Waals surface area contributed by atoms with Crippen LogP contribution < -0.4 is 5.32 Å². The first-order chi connectivity index (χ1) is 19.6. The summed E-state index contributed by atoms with van der Waals surface area (Å²) in [6.45, 7) is 6.81. The number of aromatic nitrogens is 1. The number of unbranched alkanes of at least 4 members (excludes halogenated alkanes) is 1. The number of nitrogens with one attached hydrogen (secondary N) is 1. The third-order valence-corrected chi connectivity index (χ3v) is 8.47. The third-order valence-electron chi connectivity index (χ3n) is 6.59. The van der Waals surface area contributed by atoms with Gasteiger partial charge in [-0.25, -0.2) is 13.2 Å². The molecule has 2 aromatic carbocycles. The van der Waals surface area contributed by atoms with Gasteiger partial charge in [-0.2, -0.15) is 4.31 Å². The van der Waals surface area contributed by atoms with Crippen LogP contribution in [0.5, 0.6) is 0 Å². The van der Waals surface area contributed by atoms with Crippen LogP contribution >= 0.6 is 0 Å². The summed E-state index contributed by atoms with van der Waals surface area (Å²) >= 11 is 0. The van der Waals surface area contributed by atoms with E-state index in [4.69, 9.17) is 0 Å². The van der Waals surface area contributed by atoms with Gasteiger partial charge in [-0.15, -0.1) is 0 Å². The van der Waals surface area contributed by atoms with E-state index in [2.05, 4.69) is 10.3 Å². The van der Waals surface area contributed by atoms with E-state index < -0.39 is 22.0 Å². The Kier molecular flexibility index (Phi) is 11.9. The molecule has 0 fully saturated rings. The number of carbonyl (C=O) groups is 2. The first-order valence-electron chi connectivity index (χ1n) is 13.8. The van der Waals surface area contributed by atoms with Crippen molar-refractivity contribution < 1.29 is 23.1 Å². The second-order valence-electron chi connectivity index (χ2n) is 10.6. The molecule has 1 heterocycles. The molecule has 0 aliphatic carbocycles. The molecule has 0 aliphatic heterocycles. The summed E-state index contributed by atoms with van der Waals surface area (Å²) in [6.07, 6.45) is 4.47. The molecule has 3 aromatic rings. The number of carboxylic acid groups (broad SMARTS) is 1. The number of carboxylic acids is 1. The standard InChI is InChI=1S/C31H40N4O5S/c1-24(2)21-35(41(39,40)28-16-14-25(3)15-17-28)29(30(36)37)13-7-8-19-33-31(38)34(22-26-10-5-4-6-11-26)23-27-12-9-18-32-20-27/h4-6,9-12,14-18,20,24,29H,7-8,13,19,21-23H2,1-3H3,(H,33,38)(H,36,37)/t29-/m0/s1. The molecule has 0 radical (unpaired) electrons. The highest BCUT2D eigenvalue weighted by molar-refractivity contribution is 7.89. The second-order valence-corrected chi connectivity index (χ2v) is 12.5. The van der Waals surface area contributed by atoms with Crippen LogP contribution in [0.3, 0.4) is 0 Å². The zero-order valence-corrected chi connectivity index (χ0v) is 24.8. The van der Waals surface area contributed by atoms with Gasteiger partial charge in [0.1, 0.15) is 6.04 Å². The van der Waals surface area contributed by atoms with Gasteiger partial charge in [0.25, 0.3) is 0 Å². The highest BCUT2D eigenvalue weighted by atomic mass is 32.2. The van der Waals surface area contributed by atoms with E-state index in [1.54, 1.807) is 29.4 Å². The first-order valence-corrected chi connectivity index (χ1v) is 15.3. The summed E-state index contributed by atoms with van der Waals surface area (Å²) in [5, 5.41) is 13.0. The zero-order chi connectivity index (χ0) is 29.8. The Morgan fingerprint density at radius 3 is 2.20 bits per heavy atom. The molecule has 1 atom stereocenters. The molecule has 0 saturated heterocycles. The predicted octanol–water partition coefficient (Wildman–Crippen LogP) is 5.07. The molecule has 1 aromatic heterocycles. The van der Waals surface area contributed by atoms with E-state index in [-0.39, 0.29) is 29.8 Å².